The first kappa shape index (κ1) is 30.4. The maximum atomic E-state index is 13.4. The molecule has 1 saturated heterocycles. The Morgan fingerprint density at radius 2 is 2.14 bits per heavy atom. The topological polar surface area (TPSA) is 222 Å². The summed E-state index contributed by atoms with van der Waals surface area (Å²) >= 11 is 2.05. The minimum Gasteiger partial charge on any atom is -0.492 e. The number of fused-ring (bicyclic) bond motifs is 1. The molecule has 43 heavy (non-hydrogen) atoms. The summed E-state index contributed by atoms with van der Waals surface area (Å²) in [6, 6.07) is -1.73. The lowest BCUT2D eigenvalue weighted by atomic mass is 9.92. The number of aliphatic hydroxyl groups excluding tert-OH is 1. The minimum absolute atomic E-state index is 0.0145. The minimum atomic E-state index is -1.03. The summed E-state index contributed by atoms with van der Waals surface area (Å²) < 4.78 is 16.7. The second-order valence-corrected chi connectivity index (χ2v) is 11.4. The van der Waals surface area contributed by atoms with Crippen LogP contribution < -0.4 is 11.1 Å². The number of nitrogens with two attached hydrogens (primary N) is 1. The molecule has 1 saturated carbocycles. The number of ether oxygens (including phenoxy) is 2. The van der Waals surface area contributed by atoms with Crippen LogP contribution in [0.3, 0.4) is 0 Å². The molecule has 0 aromatic carbocycles. The van der Waals surface area contributed by atoms with Crippen molar-refractivity contribution in [3.63, 3.8) is 0 Å². The number of nitrogen functional groups attached to an aromatic ring is 1. The maximum Gasteiger partial charge on any atom is 0.358 e. The van der Waals surface area contributed by atoms with Gasteiger partial charge in [0.15, 0.2) is 10.8 Å². The summed E-state index contributed by atoms with van der Waals surface area (Å²) in [5, 5.41) is 27.8. The van der Waals surface area contributed by atoms with Gasteiger partial charge in [0.2, 0.25) is 16.7 Å². The van der Waals surface area contributed by atoms with Crippen LogP contribution in [-0.2, 0) is 35.2 Å². The molecule has 0 spiro atoms. The normalized spacial score (nSPS) is 20.6. The summed E-state index contributed by atoms with van der Waals surface area (Å²) in [5.74, 6) is -1.82. The first-order valence-electron chi connectivity index (χ1n) is 13.5. The molecule has 4 heterocycles. The molecule has 230 valence electrons. The molecule has 0 bridgehead atoms. The van der Waals surface area contributed by atoms with Crippen LogP contribution in [0.25, 0.3) is 0 Å². The molecular formula is C24H30N10O7S2. The zero-order chi connectivity index (χ0) is 30.3. The van der Waals surface area contributed by atoms with Crippen molar-refractivity contribution in [1.82, 2.24) is 39.8 Å². The number of oxime groups is 1. The molecule has 2 aliphatic heterocycles. The van der Waals surface area contributed by atoms with Crippen molar-refractivity contribution < 1.29 is 33.8 Å². The molecule has 2 atom stereocenters. The number of esters is 1. The van der Waals surface area contributed by atoms with Crippen LogP contribution in [-0.4, -0.2) is 107 Å². The van der Waals surface area contributed by atoms with E-state index in [4.69, 9.17) is 20.0 Å². The third kappa shape index (κ3) is 6.78. The molecule has 1 aliphatic carbocycles. The largest absolute Gasteiger partial charge is 0.492 e. The summed E-state index contributed by atoms with van der Waals surface area (Å²) in [6.07, 6.45) is 6.01. The van der Waals surface area contributed by atoms with E-state index in [0.29, 0.717) is 5.16 Å². The van der Waals surface area contributed by atoms with Gasteiger partial charge in [-0.05, 0) is 36.1 Å². The molecule has 4 N–H and O–H groups in total. The number of hydrogen-bond acceptors (Lipinski definition) is 16. The fourth-order valence-electron chi connectivity index (χ4n) is 4.75. The average molecular weight is 635 g/mol. The van der Waals surface area contributed by atoms with Gasteiger partial charge in [0, 0.05) is 11.5 Å². The van der Waals surface area contributed by atoms with E-state index >= 15 is 0 Å². The SMILES string of the molecule is C=CCOC(=O)C1=C(CSc2nnnn2CCO)OC[C@@H]2[C@H](NC(=O)/C(=N\OC3CCCCC3)c3nsc(N)n3)C(=O)N12. The third-order valence-corrected chi connectivity index (χ3v) is 8.32. The molecule has 17 nitrogen and oxygen atoms in total. The predicted octanol–water partition coefficient (Wildman–Crippen LogP) is -0.389. The Bertz CT molecular complexity index is 1420. The number of rotatable bonds is 13. The number of hydrogen-bond donors (Lipinski definition) is 3. The van der Waals surface area contributed by atoms with Gasteiger partial charge in [0.05, 0.1) is 18.9 Å². The van der Waals surface area contributed by atoms with E-state index in [0.717, 1.165) is 55.4 Å². The molecule has 5 rings (SSSR count). The quantitative estimate of drug-likeness (QED) is 0.0638. The van der Waals surface area contributed by atoms with Gasteiger partial charge in [-0.15, -0.1) is 5.10 Å². The van der Waals surface area contributed by atoms with Crippen molar-refractivity contribution in [2.24, 2.45) is 5.16 Å². The molecule has 2 aromatic heterocycles. The van der Waals surface area contributed by atoms with Gasteiger partial charge in [-0.2, -0.15) is 9.36 Å². The summed E-state index contributed by atoms with van der Waals surface area (Å²) in [5.41, 5.74) is 5.43. The molecule has 3 aliphatic rings. The third-order valence-electron chi connectivity index (χ3n) is 6.82. The van der Waals surface area contributed by atoms with Gasteiger partial charge in [0.1, 0.15) is 37.2 Å². The Morgan fingerprint density at radius 1 is 1.33 bits per heavy atom. The van der Waals surface area contributed by atoms with Gasteiger partial charge in [-0.25, -0.2) is 9.48 Å². The van der Waals surface area contributed by atoms with Crippen LogP contribution in [0.2, 0.25) is 0 Å². The Balaban J connectivity index is 1.32. The Labute approximate surface area is 253 Å². The van der Waals surface area contributed by atoms with Crippen molar-refractivity contribution in [3.8, 4) is 0 Å². The highest BCUT2D eigenvalue weighted by molar-refractivity contribution is 7.99. The van der Waals surface area contributed by atoms with Gasteiger partial charge in [-0.3, -0.25) is 14.5 Å². The number of nitrogens with one attached hydrogen (secondary N) is 1. The van der Waals surface area contributed by atoms with E-state index in [9.17, 15) is 19.5 Å². The number of tetrazole rings is 1. The number of aliphatic hydroxyl groups is 1. The monoisotopic (exact) mass is 634 g/mol. The Kier molecular flexibility index (Phi) is 9.82. The number of β-lactam (4-membered cyclic amide) rings is 1. The predicted molar refractivity (Wildman–Crippen MR) is 151 cm³/mol. The second kappa shape index (κ2) is 13.9. The highest BCUT2D eigenvalue weighted by Crippen LogP contribution is 2.35. The second-order valence-electron chi connectivity index (χ2n) is 9.66. The molecule has 19 heteroatoms. The number of anilines is 1. The van der Waals surface area contributed by atoms with Crippen LogP contribution in [0, 0.1) is 0 Å². The van der Waals surface area contributed by atoms with Gasteiger partial charge in [-0.1, -0.05) is 36.0 Å². The maximum absolute atomic E-state index is 13.4. The number of amides is 2. The van der Waals surface area contributed by atoms with E-state index in [1.807, 2.05) is 0 Å². The van der Waals surface area contributed by atoms with E-state index in [1.54, 1.807) is 0 Å². The van der Waals surface area contributed by atoms with E-state index in [2.05, 4.69) is 41.9 Å². The van der Waals surface area contributed by atoms with Crippen molar-refractivity contribution in [2.45, 2.75) is 62.0 Å². The fourth-order valence-corrected chi connectivity index (χ4v) is 6.04. The van der Waals surface area contributed by atoms with Crippen molar-refractivity contribution >= 4 is 51.9 Å². The number of thioether (sulfide) groups is 1. The lowest BCUT2D eigenvalue weighted by Crippen LogP contribution is -2.73. The molecule has 2 fully saturated rings. The molecular weight excluding hydrogens is 604 g/mol. The number of aromatic nitrogens is 6. The fraction of sp³-hybridized carbons (Fsp3) is 0.542. The van der Waals surface area contributed by atoms with Crippen molar-refractivity contribution in [2.75, 3.05) is 31.3 Å². The molecule has 2 aromatic rings. The van der Waals surface area contributed by atoms with Crippen LogP contribution >= 0.6 is 23.3 Å². The highest BCUT2D eigenvalue weighted by atomic mass is 32.2. The van der Waals surface area contributed by atoms with Gasteiger partial charge >= 0.3 is 5.97 Å². The van der Waals surface area contributed by atoms with Gasteiger partial charge < -0.3 is 30.5 Å². The summed E-state index contributed by atoms with van der Waals surface area (Å²) in [7, 11) is 0. The van der Waals surface area contributed by atoms with E-state index < -0.39 is 29.9 Å². The standard InChI is InChI=1S/C24H30N10O7S2/c1-2-10-39-22(38)18-15(12-42-24-28-31-32-33(24)8-9-35)40-11-14-16(21(37)34(14)18)26-20(36)17(19-27-23(25)43-30-19)29-41-13-6-4-3-5-7-13/h2,13-14,16,35H,1,3-12H2,(H,26,36)(H2,25,27,30)/b29-17-/t14-,16+/m1/s1. The van der Waals surface area contributed by atoms with Crippen LogP contribution in [0.5, 0.6) is 0 Å². The Morgan fingerprint density at radius 3 is 2.86 bits per heavy atom. The number of carbonyl (C=O) groups is 3. The zero-order valence-corrected chi connectivity index (χ0v) is 24.6. The lowest BCUT2D eigenvalue weighted by Gasteiger charge is -2.49. The molecule has 0 radical (unpaired) electrons. The van der Waals surface area contributed by atoms with Crippen molar-refractivity contribution in [1.29, 1.82) is 0 Å². The van der Waals surface area contributed by atoms with Gasteiger partial charge in [0.25, 0.3) is 11.8 Å². The lowest BCUT2D eigenvalue weighted by molar-refractivity contribution is -0.161. The summed E-state index contributed by atoms with van der Waals surface area (Å²) in [6.45, 7) is 3.46. The molecule has 2 amide bonds. The number of nitrogens with zero attached hydrogens (tertiary/aromatic N) is 8. The Hall–Kier alpha value is -4.10. The van der Waals surface area contributed by atoms with Crippen molar-refractivity contribution in [3.05, 3.63) is 29.9 Å². The van der Waals surface area contributed by atoms with Crippen LogP contribution in [0.4, 0.5) is 5.13 Å². The average Bonchev–Trinajstić information content (AvgIpc) is 3.66. The van der Waals surface area contributed by atoms with E-state index in [1.165, 1.54) is 15.7 Å². The first-order valence-corrected chi connectivity index (χ1v) is 15.3. The zero-order valence-electron chi connectivity index (χ0n) is 23.0. The highest BCUT2D eigenvalue weighted by Gasteiger charge is 2.55. The van der Waals surface area contributed by atoms with E-state index in [-0.39, 0.29) is 66.3 Å². The molecule has 0 unspecified atom stereocenters. The van der Waals surface area contributed by atoms with Crippen LogP contribution in [0.15, 0.2) is 34.4 Å². The summed E-state index contributed by atoms with van der Waals surface area (Å²) in [4.78, 5) is 50.8. The first-order chi connectivity index (χ1) is 20.9. The van der Waals surface area contributed by atoms with Crippen LogP contribution in [0.1, 0.15) is 37.9 Å². The smallest absolute Gasteiger partial charge is 0.358 e. The number of carbonyl (C=O) groups excluding carboxylic acids is 3.